The summed E-state index contributed by atoms with van der Waals surface area (Å²) < 4.78 is 34.3. The van der Waals surface area contributed by atoms with Gasteiger partial charge in [-0.1, -0.05) is 6.07 Å². The Bertz CT molecular complexity index is 866. The zero-order valence-electron chi connectivity index (χ0n) is 12.9. The molecule has 1 amide bonds. The Morgan fingerprint density at radius 2 is 2.08 bits per heavy atom. The molecular weight excluding hydrogens is 370 g/mol. The van der Waals surface area contributed by atoms with Crippen LogP contribution in [-0.4, -0.2) is 24.6 Å². The van der Waals surface area contributed by atoms with Crippen molar-refractivity contribution in [3.63, 3.8) is 0 Å². The second kappa shape index (κ2) is 7.58. The molecule has 0 bridgehead atoms. The number of nitrogens with one attached hydrogen (secondary N) is 1. The molecule has 5 nitrogen and oxygen atoms in total. The summed E-state index contributed by atoms with van der Waals surface area (Å²) in [5, 5.41) is 6.93. The van der Waals surface area contributed by atoms with E-state index < -0.39 is 12.5 Å². The Hall–Kier alpha value is -2.52. The minimum Gasteiger partial charge on any atom is -0.493 e. The number of rotatable bonds is 6. The first-order valence-electron chi connectivity index (χ1n) is 7.00. The summed E-state index contributed by atoms with van der Waals surface area (Å²) in [4.78, 5) is 17.6. The molecular formula is C16H12F2N2O3S2. The van der Waals surface area contributed by atoms with Crippen LogP contribution in [0.25, 0.3) is 9.88 Å². The van der Waals surface area contributed by atoms with Crippen molar-refractivity contribution in [1.82, 2.24) is 4.98 Å². The monoisotopic (exact) mass is 382 g/mol. The lowest BCUT2D eigenvalue weighted by Crippen LogP contribution is -2.12. The van der Waals surface area contributed by atoms with Gasteiger partial charge in [0.05, 0.1) is 12.0 Å². The third-order valence-electron chi connectivity index (χ3n) is 3.11. The van der Waals surface area contributed by atoms with Gasteiger partial charge in [0, 0.05) is 17.1 Å². The van der Waals surface area contributed by atoms with Gasteiger partial charge in [-0.3, -0.25) is 4.79 Å². The van der Waals surface area contributed by atoms with Gasteiger partial charge in [-0.05, 0) is 23.6 Å². The number of nitrogens with zero attached hydrogens (tertiary/aromatic N) is 1. The smallest absolute Gasteiger partial charge is 0.387 e. The summed E-state index contributed by atoms with van der Waals surface area (Å²) in [7, 11) is 1.34. The van der Waals surface area contributed by atoms with Crippen LogP contribution >= 0.6 is 22.7 Å². The van der Waals surface area contributed by atoms with Crippen molar-refractivity contribution >= 4 is 34.3 Å². The molecule has 0 unspecified atom stereocenters. The van der Waals surface area contributed by atoms with Crippen molar-refractivity contribution in [2.24, 2.45) is 0 Å². The van der Waals surface area contributed by atoms with Crippen molar-refractivity contribution < 1.29 is 23.0 Å². The van der Waals surface area contributed by atoms with Gasteiger partial charge in [0.2, 0.25) is 0 Å². The number of benzene rings is 1. The number of amides is 1. The Balaban J connectivity index is 1.76. The summed E-state index contributed by atoms with van der Waals surface area (Å²) in [6.45, 7) is -2.99. The molecule has 0 atom stereocenters. The average Bonchev–Trinajstić information content (AvgIpc) is 3.26. The van der Waals surface area contributed by atoms with Crippen LogP contribution in [0.3, 0.4) is 0 Å². The second-order valence-electron chi connectivity index (χ2n) is 4.71. The molecule has 3 rings (SSSR count). The van der Waals surface area contributed by atoms with Crippen LogP contribution < -0.4 is 14.8 Å². The fourth-order valence-corrected chi connectivity index (χ4v) is 3.64. The molecule has 0 fully saturated rings. The first-order chi connectivity index (χ1) is 12.1. The van der Waals surface area contributed by atoms with E-state index in [1.54, 1.807) is 5.38 Å². The number of alkyl halides is 2. The standard InChI is InChI=1S/C16H12F2N2O3S2/c1-22-11-5-4-9(7-12(11)23-16(17)18)19-14(21)10-8-25-15(20-10)13-3-2-6-24-13/h2-8,16H,1H3,(H,19,21). The predicted molar refractivity (Wildman–Crippen MR) is 93.0 cm³/mol. The first-order valence-corrected chi connectivity index (χ1v) is 8.76. The van der Waals surface area contributed by atoms with E-state index in [2.05, 4.69) is 15.0 Å². The van der Waals surface area contributed by atoms with Crippen molar-refractivity contribution in [1.29, 1.82) is 0 Å². The van der Waals surface area contributed by atoms with E-state index in [9.17, 15) is 13.6 Å². The van der Waals surface area contributed by atoms with Crippen LogP contribution in [0.4, 0.5) is 14.5 Å². The number of carbonyl (C=O) groups is 1. The second-order valence-corrected chi connectivity index (χ2v) is 6.52. The minimum absolute atomic E-state index is 0.145. The molecule has 0 radical (unpaired) electrons. The molecule has 0 saturated carbocycles. The molecule has 1 N–H and O–H groups in total. The van der Waals surface area contributed by atoms with E-state index >= 15 is 0 Å². The van der Waals surface area contributed by atoms with Crippen molar-refractivity contribution in [3.05, 3.63) is 46.8 Å². The summed E-state index contributed by atoms with van der Waals surface area (Å²) in [5.41, 5.74) is 0.549. The highest BCUT2D eigenvalue weighted by molar-refractivity contribution is 7.20. The largest absolute Gasteiger partial charge is 0.493 e. The lowest BCUT2D eigenvalue weighted by atomic mass is 10.2. The fraction of sp³-hybridized carbons (Fsp3) is 0.125. The zero-order chi connectivity index (χ0) is 17.8. The van der Waals surface area contributed by atoms with Crippen LogP contribution in [0.1, 0.15) is 10.5 Å². The van der Waals surface area contributed by atoms with Gasteiger partial charge in [0.15, 0.2) is 11.5 Å². The van der Waals surface area contributed by atoms with Crippen molar-refractivity contribution in [2.75, 3.05) is 12.4 Å². The molecule has 1 aromatic carbocycles. The minimum atomic E-state index is -2.99. The number of methoxy groups -OCH3 is 1. The SMILES string of the molecule is COc1ccc(NC(=O)c2csc(-c3cccs3)n2)cc1OC(F)F. The van der Waals surface area contributed by atoms with Crippen molar-refractivity contribution in [2.45, 2.75) is 6.61 Å². The Kier molecular flexibility index (Phi) is 5.25. The number of thiazole rings is 1. The van der Waals surface area contributed by atoms with Gasteiger partial charge in [-0.2, -0.15) is 8.78 Å². The van der Waals surface area contributed by atoms with E-state index in [0.29, 0.717) is 5.69 Å². The van der Waals surface area contributed by atoms with Gasteiger partial charge >= 0.3 is 6.61 Å². The molecule has 0 aliphatic carbocycles. The van der Waals surface area contributed by atoms with Crippen LogP contribution in [0.5, 0.6) is 11.5 Å². The van der Waals surface area contributed by atoms with E-state index in [-0.39, 0.29) is 17.2 Å². The Morgan fingerprint density at radius 1 is 1.24 bits per heavy atom. The van der Waals surface area contributed by atoms with Gasteiger partial charge in [-0.15, -0.1) is 22.7 Å². The molecule has 3 aromatic rings. The van der Waals surface area contributed by atoms with Crippen LogP contribution in [0.15, 0.2) is 41.1 Å². The molecule has 2 heterocycles. The molecule has 0 aliphatic heterocycles. The number of hydrogen-bond acceptors (Lipinski definition) is 6. The first kappa shape index (κ1) is 17.3. The highest BCUT2D eigenvalue weighted by Gasteiger charge is 2.15. The molecule has 9 heteroatoms. The maximum Gasteiger partial charge on any atom is 0.387 e. The number of ether oxygens (including phenoxy) is 2. The maximum atomic E-state index is 12.5. The summed E-state index contributed by atoms with van der Waals surface area (Å²) >= 11 is 2.89. The Labute approximate surface area is 149 Å². The summed E-state index contributed by atoms with van der Waals surface area (Å²) in [5.74, 6) is -0.452. The summed E-state index contributed by atoms with van der Waals surface area (Å²) in [6, 6.07) is 8.06. The molecule has 25 heavy (non-hydrogen) atoms. The summed E-state index contributed by atoms with van der Waals surface area (Å²) in [6.07, 6.45) is 0. The van der Waals surface area contributed by atoms with E-state index in [0.717, 1.165) is 9.88 Å². The normalized spacial score (nSPS) is 10.7. The number of halogens is 2. The highest BCUT2D eigenvalue weighted by atomic mass is 32.1. The topological polar surface area (TPSA) is 60.5 Å². The third-order valence-corrected chi connectivity index (χ3v) is 4.99. The molecule has 130 valence electrons. The van der Waals surface area contributed by atoms with Crippen molar-refractivity contribution in [3.8, 4) is 21.4 Å². The van der Waals surface area contributed by atoms with Gasteiger partial charge in [0.25, 0.3) is 5.91 Å². The molecule has 2 aromatic heterocycles. The van der Waals surface area contributed by atoms with Crippen LogP contribution in [-0.2, 0) is 0 Å². The fourth-order valence-electron chi connectivity index (χ4n) is 2.03. The highest BCUT2D eigenvalue weighted by Crippen LogP contribution is 2.32. The van der Waals surface area contributed by atoms with Crippen LogP contribution in [0, 0.1) is 0 Å². The lowest BCUT2D eigenvalue weighted by molar-refractivity contribution is -0.0511. The van der Waals surface area contributed by atoms with E-state index in [1.807, 2.05) is 17.5 Å². The molecule has 0 saturated heterocycles. The van der Waals surface area contributed by atoms with Gasteiger partial charge in [-0.25, -0.2) is 4.98 Å². The number of thiophene rings is 1. The number of hydrogen-bond donors (Lipinski definition) is 1. The third kappa shape index (κ3) is 4.12. The lowest BCUT2D eigenvalue weighted by Gasteiger charge is -2.11. The van der Waals surface area contributed by atoms with Crippen LogP contribution in [0.2, 0.25) is 0 Å². The zero-order valence-corrected chi connectivity index (χ0v) is 14.5. The van der Waals surface area contributed by atoms with Gasteiger partial charge < -0.3 is 14.8 Å². The number of aromatic nitrogens is 1. The van der Waals surface area contributed by atoms with E-state index in [4.69, 9.17) is 4.74 Å². The number of anilines is 1. The molecule has 0 spiro atoms. The quantitative estimate of drug-likeness (QED) is 0.669. The number of carbonyl (C=O) groups excluding carboxylic acids is 1. The molecule has 0 aliphatic rings. The maximum absolute atomic E-state index is 12.5. The van der Waals surface area contributed by atoms with Gasteiger partial charge in [0.1, 0.15) is 10.7 Å². The average molecular weight is 382 g/mol. The Morgan fingerprint density at radius 3 is 2.76 bits per heavy atom. The van der Waals surface area contributed by atoms with E-state index in [1.165, 1.54) is 48.0 Å². The predicted octanol–water partition coefficient (Wildman–Crippen LogP) is 4.73.